The summed E-state index contributed by atoms with van der Waals surface area (Å²) in [6.07, 6.45) is 4.18. The molecule has 6 aromatic carbocycles. The van der Waals surface area contributed by atoms with Gasteiger partial charge >= 0.3 is 7.37 Å². The Labute approximate surface area is 259 Å². The van der Waals surface area contributed by atoms with Gasteiger partial charge in [0.2, 0.25) is 0 Å². The van der Waals surface area contributed by atoms with Gasteiger partial charge in [-0.2, -0.15) is 0 Å². The lowest BCUT2D eigenvalue weighted by molar-refractivity contribution is 0.501. The van der Waals surface area contributed by atoms with Crippen molar-refractivity contribution in [1.29, 1.82) is 0 Å². The topological polar surface area (TPSA) is 29.5 Å². The molecule has 1 heterocycles. The van der Waals surface area contributed by atoms with E-state index in [0.29, 0.717) is 11.1 Å². The van der Waals surface area contributed by atoms with E-state index in [1.54, 1.807) is 0 Å². The average molecular weight is 590 g/mol. The van der Waals surface area contributed by atoms with Crippen LogP contribution in [0.1, 0.15) is 22.3 Å². The van der Waals surface area contributed by atoms with Crippen LogP contribution in [0, 0.1) is 13.8 Å². The van der Waals surface area contributed by atoms with Crippen LogP contribution in [0.15, 0.2) is 146 Å². The fourth-order valence-electron chi connectivity index (χ4n) is 5.74. The first-order valence-corrected chi connectivity index (χ1v) is 16.4. The first kappa shape index (κ1) is 27.7. The van der Waals surface area contributed by atoms with Crippen molar-refractivity contribution in [3.05, 3.63) is 168 Å². The van der Waals surface area contributed by atoms with Gasteiger partial charge in [-0.15, -0.1) is 0 Å². The van der Waals surface area contributed by atoms with Gasteiger partial charge < -0.3 is 9.42 Å². The molecule has 44 heavy (non-hydrogen) atoms. The molecule has 214 valence electrons. The highest BCUT2D eigenvalue weighted by Crippen LogP contribution is 2.54. The highest BCUT2D eigenvalue weighted by molar-refractivity contribution is 7.75. The molecular weight excluding hydrogens is 557 g/mol. The summed E-state index contributed by atoms with van der Waals surface area (Å²) in [5, 5.41) is 1.46. The molecule has 0 spiro atoms. The molecule has 6 aromatic rings. The predicted molar refractivity (Wildman–Crippen MR) is 185 cm³/mol. The molecule has 3 nitrogen and oxygen atoms in total. The zero-order valence-electron chi connectivity index (χ0n) is 24.7. The van der Waals surface area contributed by atoms with E-state index in [9.17, 15) is 4.57 Å². The number of fused-ring (bicyclic) bond motifs is 3. The van der Waals surface area contributed by atoms with Crippen LogP contribution < -0.4 is 20.0 Å². The van der Waals surface area contributed by atoms with E-state index in [2.05, 4.69) is 115 Å². The number of aryl methyl sites for hydroxylation is 2. The molecule has 1 atom stereocenters. The Morgan fingerprint density at radius 1 is 0.545 bits per heavy atom. The normalized spacial score (nSPS) is 15.3. The monoisotopic (exact) mass is 589 g/mol. The van der Waals surface area contributed by atoms with Crippen LogP contribution in [0.4, 0.5) is 17.1 Å². The van der Waals surface area contributed by atoms with Gasteiger partial charge in [-0.1, -0.05) is 102 Å². The molecule has 0 saturated carbocycles. The van der Waals surface area contributed by atoms with Crippen molar-refractivity contribution in [2.24, 2.45) is 0 Å². The molecule has 0 fully saturated rings. The van der Waals surface area contributed by atoms with Gasteiger partial charge in [-0.05, 0) is 97.3 Å². The highest BCUT2D eigenvalue weighted by atomic mass is 31.2. The highest BCUT2D eigenvalue weighted by Gasteiger charge is 2.38. The van der Waals surface area contributed by atoms with Crippen molar-refractivity contribution in [3.63, 3.8) is 0 Å². The van der Waals surface area contributed by atoms with E-state index in [1.807, 2.05) is 61.5 Å². The molecule has 0 aliphatic carbocycles. The van der Waals surface area contributed by atoms with Crippen molar-refractivity contribution in [3.8, 4) is 16.9 Å². The first-order chi connectivity index (χ1) is 21.5. The zero-order chi connectivity index (χ0) is 30.1. The Bertz CT molecular complexity index is 1980. The number of nitrogens with zero attached hydrogens (tertiary/aromatic N) is 1. The maximum atomic E-state index is 14.6. The Balaban J connectivity index is 1.14. The van der Waals surface area contributed by atoms with Crippen molar-refractivity contribution < 1.29 is 9.09 Å². The summed E-state index contributed by atoms with van der Waals surface area (Å²) in [5.74, 6) is 0.667. The minimum absolute atomic E-state index is 0.667. The Morgan fingerprint density at radius 3 is 1.68 bits per heavy atom. The minimum Gasteiger partial charge on any atom is -0.436 e. The summed E-state index contributed by atoms with van der Waals surface area (Å²) in [6, 6.07) is 49.4. The molecule has 1 aliphatic rings. The number of hydrogen-bond donors (Lipinski definition) is 0. The molecule has 0 aromatic heterocycles. The molecule has 0 bridgehead atoms. The third-order valence-corrected chi connectivity index (χ3v) is 10.4. The summed E-state index contributed by atoms with van der Waals surface area (Å²) in [6.45, 7) is 4.09. The van der Waals surface area contributed by atoms with Crippen molar-refractivity contribution in [2.45, 2.75) is 13.8 Å². The van der Waals surface area contributed by atoms with Gasteiger partial charge in [-0.3, -0.25) is 4.57 Å². The third-order valence-electron chi connectivity index (χ3n) is 8.00. The van der Waals surface area contributed by atoms with Crippen molar-refractivity contribution in [1.82, 2.24) is 0 Å². The number of anilines is 3. The van der Waals surface area contributed by atoms with Gasteiger partial charge in [0.1, 0.15) is 5.75 Å². The second kappa shape index (κ2) is 11.5. The summed E-state index contributed by atoms with van der Waals surface area (Å²) < 4.78 is 20.9. The molecule has 0 radical (unpaired) electrons. The van der Waals surface area contributed by atoms with E-state index in [1.165, 1.54) is 0 Å². The fraction of sp³-hybridized carbons (Fsp3) is 0.0500. The summed E-state index contributed by atoms with van der Waals surface area (Å²) in [5.41, 5.74) is 9.61. The average Bonchev–Trinajstić information content (AvgIpc) is 3.06. The Kier molecular flexibility index (Phi) is 7.26. The zero-order valence-corrected chi connectivity index (χ0v) is 25.6. The van der Waals surface area contributed by atoms with E-state index >= 15 is 0 Å². The lowest BCUT2D eigenvalue weighted by Crippen LogP contribution is -2.25. The van der Waals surface area contributed by atoms with Crippen LogP contribution in [0.5, 0.6) is 5.75 Å². The standard InChI is InChI=1S/C40H32NO2P/c1-29-14-26-39-38(27-29)37-25-13-30(2)28-40(37)44(42,43-39)36-23-19-32(20-24-36)16-15-31-17-21-35(22-18-31)41(33-9-5-3-6-10-33)34-11-7-4-8-12-34/h3-28H,1-2H3/b16-15+. The maximum Gasteiger partial charge on any atom is 0.307 e. The van der Waals surface area contributed by atoms with E-state index in [-0.39, 0.29) is 0 Å². The summed E-state index contributed by atoms with van der Waals surface area (Å²) >= 11 is 0. The van der Waals surface area contributed by atoms with Crippen LogP contribution in [0.25, 0.3) is 23.3 Å². The predicted octanol–water partition coefficient (Wildman–Crippen LogP) is 10.2. The van der Waals surface area contributed by atoms with Gasteiger partial charge in [0, 0.05) is 22.6 Å². The molecule has 0 amide bonds. The third kappa shape index (κ3) is 5.28. The van der Waals surface area contributed by atoms with Crippen LogP contribution >= 0.6 is 7.37 Å². The maximum absolute atomic E-state index is 14.6. The van der Waals surface area contributed by atoms with Crippen molar-refractivity contribution >= 4 is 47.2 Å². The lowest BCUT2D eigenvalue weighted by atomic mass is 10.0. The largest absolute Gasteiger partial charge is 0.436 e. The van der Waals surface area contributed by atoms with Crippen LogP contribution in [0.3, 0.4) is 0 Å². The van der Waals surface area contributed by atoms with E-state index in [0.717, 1.165) is 55.7 Å². The summed E-state index contributed by atoms with van der Waals surface area (Å²) in [7, 11) is -3.32. The summed E-state index contributed by atoms with van der Waals surface area (Å²) in [4.78, 5) is 2.25. The van der Waals surface area contributed by atoms with Crippen molar-refractivity contribution in [2.75, 3.05) is 4.90 Å². The lowest BCUT2D eigenvalue weighted by Gasteiger charge is -2.29. The van der Waals surface area contributed by atoms with Crippen LogP contribution in [-0.4, -0.2) is 0 Å². The first-order valence-electron chi connectivity index (χ1n) is 14.8. The number of para-hydroxylation sites is 2. The number of benzene rings is 6. The molecule has 0 N–H and O–H groups in total. The van der Waals surface area contributed by atoms with Crippen LogP contribution in [0.2, 0.25) is 0 Å². The number of hydrogen-bond acceptors (Lipinski definition) is 3. The Hall–Kier alpha value is -5.11. The smallest absolute Gasteiger partial charge is 0.307 e. The Morgan fingerprint density at radius 2 is 1.07 bits per heavy atom. The molecular formula is C40H32NO2P. The van der Waals surface area contributed by atoms with Gasteiger partial charge in [-0.25, -0.2) is 0 Å². The molecule has 7 rings (SSSR count). The van der Waals surface area contributed by atoms with Gasteiger partial charge in [0.25, 0.3) is 0 Å². The molecule has 1 unspecified atom stereocenters. The van der Waals surface area contributed by atoms with E-state index < -0.39 is 7.37 Å². The fourth-order valence-corrected chi connectivity index (χ4v) is 8.08. The molecule has 4 heteroatoms. The van der Waals surface area contributed by atoms with E-state index in [4.69, 9.17) is 4.52 Å². The SMILES string of the molecule is Cc1ccc2c(c1)-c1ccc(C)cc1P(=O)(c1ccc(/C=C/c3ccc(N(c4ccccc4)c4ccccc4)cc3)cc1)O2. The molecule has 1 aliphatic heterocycles. The van der Waals surface area contributed by atoms with Gasteiger partial charge in [0.15, 0.2) is 0 Å². The minimum atomic E-state index is -3.32. The molecule has 0 saturated heterocycles. The van der Waals surface area contributed by atoms with Crippen LogP contribution in [-0.2, 0) is 4.57 Å². The second-order valence-electron chi connectivity index (χ2n) is 11.2. The number of rotatable bonds is 6. The quantitative estimate of drug-likeness (QED) is 0.143. The second-order valence-corrected chi connectivity index (χ2v) is 13.5. The van der Waals surface area contributed by atoms with Gasteiger partial charge in [0.05, 0.1) is 10.6 Å².